The molecule has 49 heavy (non-hydrogen) atoms. The summed E-state index contributed by atoms with van der Waals surface area (Å²) in [4.78, 5) is 34.7. The maximum absolute atomic E-state index is 12.6. The quantitative estimate of drug-likeness (QED) is 0.147. The molecule has 4 aromatic rings. The Labute approximate surface area is 294 Å². The number of aromatic nitrogens is 2. The van der Waals surface area contributed by atoms with Crippen LogP contribution in [0.1, 0.15) is 66.2 Å². The largest absolute Gasteiger partial charge is 0.309 e. The highest BCUT2D eigenvalue weighted by molar-refractivity contribution is 7.93. The standard InChI is InChI=1S/C18H24N2O3S2.C18H22N2O3S/c1-5-12-25(22,23)18(3,4)16(21)20-17-19-15(14(6-2)24-17)13-10-8-7-9-11-13;1-4-12-24(22,23)18(2,3)17(21)20-16-11-10-15(13-19-16)14-8-6-5-7-9-14/h7-11H,5-6,12H2,1-4H3,(H,19,20,21);5-11,13H,4,12H2,1-3H3,(H,19,20,21). The number of hydrogen-bond acceptors (Lipinski definition) is 9. The van der Waals surface area contributed by atoms with Crippen molar-refractivity contribution in [3.8, 4) is 22.4 Å². The van der Waals surface area contributed by atoms with Crippen molar-refractivity contribution in [2.75, 3.05) is 22.1 Å². The van der Waals surface area contributed by atoms with E-state index in [0.717, 1.165) is 33.7 Å². The molecule has 0 fully saturated rings. The van der Waals surface area contributed by atoms with Crippen molar-refractivity contribution < 1.29 is 26.4 Å². The number of nitrogens with zero attached hydrogens (tertiary/aromatic N) is 2. The predicted molar refractivity (Wildman–Crippen MR) is 200 cm³/mol. The monoisotopic (exact) mass is 726 g/mol. The van der Waals surface area contributed by atoms with Crippen molar-refractivity contribution in [1.82, 2.24) is 9.97 Å². The topological polar surface area (TPSA) is 152 Å². The summed E-state index contributed by atoms with van der Waals surface area (Å²) >= 11 is 1.38. The summed E-state index contributed by atoms with van der Waals surface area (Å²) in [5.41, 5.74) is 3.76. The summed E-state index contributed by atoms with van der Waals surface area (Å²) in [5, 5.41) is 5.73. The number of nitrogens with one attached hydrogen (secondary N) is 2. The van der Waals surface area contributed by atoms with Crippen LogP contribution in [0.2, 0.25) is 0 Å². The van der Waals surface area contributed by atoms with Crippen LogP contribution < -0.4 is 10.6 Å². The van der Waals surface area contributed by atoms with E-state index in [9.17, 15) is 26.4 Å². The Morgan fingerprint density at radius 1 is 0.673 bits per heavy atom. The van der Waals surface area contributed by atoms with E-state index in [0.29, 0.717) is 23.8 Å². The molecule has 0 aliphatic rings. The van der Waals surface area contributed by atoms with E-state index in [1.165, 1.54) is 39.0 Å². The molecule has 2 aromatic carbocycles. The lowest BCUT2D eigenvalue weighted by molar-refractivity contribution is -0.118. The minimum absolute atomic E-state index is 0.0131. The van der Waals surface area contributed by atoms with E-state index in [-0.39, 0.29) is 11.5 Å². The predicted octanol–water partition coefficient (Wildman–Crippen LogP) is 7.20. The van der Waals surface area contributed by atoms with Crippen molar-refractivity contribution in [3.05, 3.63) is 83.9 Å². The normalized spacial score (nSPS) is 12.1. The zero-order valence-electron chi connectivity index (χ0n) is 29.1. The third kappa shape index (κ3) is 9.61. The van der Waals surface area contributed by atoms with E-state index in [1.807, 2.05) is 73.7 Å². The lowest BCUT2D eigenvalue weighted by atomic mass is 10.1. The van der Waals surface area contributed by atoms with Crippen molar-refractivity contribution >= 4 is 53.8 Å². The van der Waals surface area contributed by atoms with Gasteiger partial charge in [0.2, 0.25) is 11.8 Å². The Morgan fingerprint density at radius 2 is 1.16 bits per heavy atom. The zero-order valence-corrected chi connectivity index (χ0v) is 31.6. The van der Waals surface area contributed by atoms with Crippen molar-refractivity contribution in [2.45, 2.75) is 77.2 Å². The number of carbonyl (C=O) groups is 2. The number of sulfone groups is 2. The first kappa shape index (κ1) is 39.5. The average molecular weight is 727 g/mol. The number of carbonyl (C=O) groups excluding carboxylic acids is 2. The Kier molecular flexibility index (Phi) is 13.4. The highest BCUT2D eigenvalue weighted by Gasteiger charge is 2.42. The van der Waals surface area contributed by atoms with Crippen LogP contribution in [0.4, 0.5) is 10.9 Å². The highest BCUT2D eigenvalue weighted by Crippen LogP contribution is 2.32. The second-order valence-electron chi connectivity index (χ2n) is 12.4. The molecule has 0 aliphatic heterocycles. The van der Waals surface area contributed by atoms with Gasteiger partial charge in [0.15, 0.2) is 24.8 Å². The fourth-order valence-corrected chi connectivity index (χ4v) is 8.26. The van der Waals surface area contributed by atoms with E-state index < -0.39 is 41.0 Å². The van der Waals surface area contributed by atoms with E-state index >= 15 is 0 Å². The minimum atomic E-state index is -3.53. The van der Waals surface area contributed by atoms with Crippen molar-refractivity contribution in [3.63, 3.8) is 0 Å². The van der Waals surface area contributed by atoms with Crippen LogP contribution in [-0.4, -0.2) is 59.6 Å². The Bertz CT molecular complexity index is 1920. The van der Waals surface area contributed by atoms with Gasteiger partial charge in [-0.3, -0.25) is 9.59 Å². The van der Waals surface area contributed by atoms with Gasteiger partial charge in [0.05, 0.1) is 17.2 Å². The maximum atomic E-state index is 12.6. The number of pyridine rings is 1. The molecule has 0 saturated heterocycles. The van der Waals surface area contributed by atoms with Gasteiger partial charge >= 0.3 is 0 Å². The van der Waals surface area contributed by atoms with Gasteiger partial charge in [-0.1, -0.05) is 81.4 Å². The minimum Gasteiger partial charge on any atom is -0.309 e. The van der Waals surface area contributed by atoms with Crippen LogP contribution in [0.15, 0.2) is 79.0 Å². The molecule has 2 heterocycles. The van der Waals surface area contributed by atoms with Crippen molar-refractivity contribution in [1.29, 1.82) is 0 Å². The molecule has 13 heteroatoms. The maximum Gasteiger partial charge on any atom is 0.247 e. The number of aryl methyl sites for hydroxylation is 1. The number of anilines is 2. The van der Waals surface area contributed by atoms with Crippen molar-refractivity contribution in [2.24, 2.45) is 0 Å². The SMILES string of the molecule is CCCS(=O)(=O)C(C)(C)C(=O)Nc1ccc(-c2ccccc2)cn1.CCCS(=O)(=O)C(C)(C)C(=O)Nc1nc(-c2ccccc2)c(CC)s1. The molecule has 2 N–H and O–H groups in total. The smallest absolute Gasteiger partial charge is 0.247 e. The van der Waals surface area contributed by atoms with Crippen LogP contribution in [0.5, 0.6) is 0 Å². The van der Waals surface area contributed by atoms with Crippen LogP contribution in [0.3, 0.4) is 0 Å². The summed E-state index contributed by atoms with van der Waals surface area (Å²) < 4.78 is 46.2. The Morgan fingerprint density at radius 3 is 1.61 bits per heavy atom. The summed E-state index contributed by atoms with van der Waals surface area (Å²) in [6, 6.07) is 23.0. The molecular formula is C36H46N4O6S3. The van der Waals surface area contributed by atoms with Crippen LogP contribution in [-0.2, 0) is 35.7 Å². The molecule has 0 radical (unpaired) electrons. The summed E-state index contributed by atoms with van der Waals surface area (Å²) in [6.07, 6.45) is 3.39. The molecule has 264 valence electrons. The molecule has 0 atom stereocenters. The summed E-state index contributed by atoms with van der Waals surface area (Å²) in [7, 11) is -7.05. The third-order valence-corrected chi connectivity index (χ3v) is 14.5. The number of hydrogen-bond donors (Lipinski definition) is 2. The number of rotatable bonds is 13. The van der Waals surface area contributed by atoms with Gasteiger partial charge < -0.3 is 10.6 Å². The van der Waals surface area contributed by atoms with Gasteiger partial charge in [-0.15, -0.1) is 11.3 Å². The Hall–Kier alpha value is -3.94. The molecule has 4 rings (SSSR count). The lowest BCUT2D eigenvalue weighted by Crippen LogP contribution is -2.45. The highest BCUT2D eigenvalue weighted by atomic mass is 32.2. The van der Waals surface area contributed by atoms with Crippen LogP contribution in [0.25, 0.3) is 22.4 Å². The van der Waals surface area contributed by atoms with Gasteiger partial charge in [0.25, 0.3) is 0 Å². The first-order chi connectivity index (χ1) is 23.0. The molecule has 0 spiro atoms. The molecule has 0 aliphatic carbocycles. The Balaban J connectivity index is 0.000000266. The first-order valence-corrected chi connectivity index (χ1v) is 20.3. The van der Waals surface area contributed by atoms with Gasteiger partial charge in [0.1, 0.15) is 15.3 Å². The van der Waals surface area contributed by atoms with Gasteiger partial charge in [-0.05, 0) is 64.7 Å². The van der Waals surface area contributed by atoms with Gasteiger partial charge in [-0.2, -0.15) is 0 Å². The second-order valence-corrected chi connectivity index (χ2v) is 18.8. The van der Waals surface area contributed by atoms with E-state index in [4.69, 9.17) is 0 Å². The molecular weight excluding hydrogens is 681 g/mol. The third-order valence-electron chi connectivity index (χ3n) is 7.99. The fourth-order valence-electron chi connectivity index (χ4n) is 4.58. The fraction of sp³-hybridized carbons (Fsp3) is 0.389. The first-order valence-electron chi connectivity index (χ1n) is 16.1. The molecule has 0 saturated carbocycles. The zero-order chi connectivity index (χ0) is 36.5. The van der Waals surface area contributed by atoms with E-state index in [2.05, 4.69) is 20.6 Å². The van der Waals surface area contributed by atoms with Crippen LogP contribution >= 0.6 is 11.3 Å². The van der Waals surface area contributed by atoms with Gasteiger partial charge in [0, 0.05) is 22.2 Å². The van der Waals surface area contributed by atoms with E-state index in [1.54, 1.807) is 26.1 Å². The summed E-state index contributed by atoms with van der Waals surface area (Å²) in [5.74, 6) is -0.818. The molecule has 0 unspecified atom stereocenters. The summed E-state index contributed by atoms with van der Waals surface area (Å²) in [6.45, 7) is 11.3. The lowest BCUT2D eigenvalue weighted by Gasteiger charge is -2.23. The molecule has 0 bridgehead atoms. The van der Waals surface area contributed by atoms with Crippen LogP contribution in [0, 0.1) is 0 Å². The second kappa shape index (κ2) is 16.6. The molecule has 2 amide bonds. The molecule has 10 nitrogen and oxygen atoms in total. The number of benzene rings is 2. The number of thiazole rings is 1. The molecule has 2 aromatic heterocycles. The van der Waals surface area contributed by atoms with Gasteiger partial charge in [-0.25, -0.2) is 26.8 Å². The number of amides is 2. The average Bonchev–Trinajstić information content (AvgIpc) is 3.48.